The summed E-state index contributed by atoms with van der Waals surface area (Å²) in [6.07, 6.45) is 2.55. The second-order valence-electron chi connectivity index (χ2n) is 9.59. The minimum atomic E-state index is -0.511. The van der Waals surface area contributed by atoms with Crippen molar-refractivity contribution in [3.05, 3.63) is 89.9 Å². The van der Waals surface area contributed by atoms with Crippen molar-refractivity contribution in [2.45, 2.75) is 6.42 Å². The van der Waals surface area contributed by atoms with Crippen molar-refractivity contribution in [1.82, 2.24) is 15.1 Å². The highest BCUT2D eigenvalue weighted by atomic mass is 19.1. The summed E-state index contributed by atoms with van der Waals surface area (Å²) in [6.45, 7) is 5.99. The molecule has 0 aromatic heterocycles. The third kappa shape index (κ3) is 6.81. The van der Waals surface area contributed by atoms with E-state index >= 15 is 0 Å². The van der Waals surface area contributed by atoms with Crippen LogP contribution in [-0.4, -0.2) is 68.1 Å². The average molecular weight is 531 g/mol. The van der Waals surface area contributed by atoms with Gasteiger partial charge in [0.1, 0.15) is 28.8 Å². The molecule has 2 aliphatic heterocycles. The molecule has 0 saturated carbocycles. The lowest BCUT2D eigenvalue weighted by molar-refractivity contribution is -0.113. The zero-order valence-corrected chi connectivity index (χ0v) is 21.8. The normalized spacial score (nSPS) is 17.5. The number of nitrogens with zero attached hydrogens (tertiary/aromatic N) is 3. The van der Waals surface area contributed by atoms with E-state index in [9.17, 15) is 14.0 Å². The van der Waals surface area contributed by atoms with Gasteiger partial charge in [-0.2, -0.15) is 0 Å². The molecule has 2 fully saturated rings. The molecule has 0 aliphatic carbocycles. The highest BCUT2D eigenvalue weighted by Crippen LogP contribution is 2.26. The van der Waals surface area contributed by atoms with Crippen LogP contribution >= 0.6 is 0 Å². The Balaban J connectivity index is 1.14. The minimum absolute atomic E-state index is 0.177. The fraction of sp³-hybridized carbons (Fsp3) is 0.267. The first-order chi connectivity index (χ1) is 18.9. The van der Waals surface area contributed by atoms with Crippen LogP contribution in [0.1, 0.15) is 12.0 Å². The predicted octanol–water partition coefficient (Wildman–Crippen LogP) is 4.73. The number of benzene rings is 3. The molecule has 0 spiro atoms. The summed E-state index contributed by atoms with van der Waals surface area (Å²) in [5, 5.41) is 2.64. The first-order valence-electron chi connectivity index (χ1n) is 13.0. The summed E-state index contributed by atoms with van der Waals surface area (Å²) in [5.41, 5.74) is 1.36. The van der Waals surface area contributed by atoms with Gasteiger partial charge in [0.15, 0.2) is 0 Å². The van der Waals surface area contributed by atoms with E-state index in [-0.39, 0.29) is 11.5 Å². The Morgan fingerprint density at radius 3 is 2.13 bits per heavy atom. The summed E-state index contributed by atoms with van der Waals surface area (Å²) in [6, 6.07) is 19.2. The first-order valence-corrected chi connectivity index (χ1v) is 13.0. The molecule has 2 heterocycles. The number of halogens is 1. The van der Waals surface area contributed by atoms with Crippen molar-refractivity contribution in [2.75, 3.05) is 51.3 Å². The maximum Gasteiger partial charge on any atom is 0.333 e. The molecule has 2 saturated heterocycles. The number of hydrogen-bond acceptors (Lipinski definition) is 6. The molecule has 3 aromatic rings. The van der Waals surface area contributed by atoms with Crippen molar-refractivity contribution < 1.29 is 23.5 Å². The Labute approximate surface area is 227 Å². The van der Waals surface area contributed by atoms with E-state index in [1.807, 2.05) is 0 Å². The van der Waals surface area contributed by atoms with Crippen molar-refractivity contribution in [1.29, 1.82) is 0 Å². The van der Waals surface area contributed by atoms with Gasteiger partial charge in [-0.25, -0.2) is 14.1 Å². The number of imide groups is 1. The van der Waals surface area contributed by atoms with E-state index in [2.05, 4.69) is 22.2 Å². The van der Waals surface area contributed by atoms with Gasteiger partial charge in [-0.1, -0.05) is 12.1 Å². The van der Waals surface area contributed by atoms with Crippen molar-refractivity contribution in [3.63, 3.8) is 0 Å². The largest absolute Gasteiger partial charge is 0.494 e. The van der Waals surface area contributed by atoms with Crippen molar-refractivity contribution in [2.24, 2.45) is 0 Å². The van der Waals surface area contributed by atoms with Gasteiger partial charge in [0, 0.05) is 32.7 Å². The van der Waals surface area contributed by atoms with Crippen LogP contribution in [0.3, 0.4) is 0 Å². The number of anilines is 1. The van der Waals surface area contributed by atoms with E-state index < -0.39 is 11.9 Å². The molecule has 9 heteroatoms. The molecule has 1 N–H and O–H groups in total. The van der Waals surface area contributed by atoms with Crippen LogP contribution in [0, 0.1) is 5.82 Å². The molecule has 5 rings (SSSR count). The molecule has 3 amide bonds. The maximum atomic E-state index is 13.1. The average Bonchev–Trinajstić information content (AvgIpc) is 3.22. The third-order valence-corrected chi connectivity index (χ3v) is 6.70. The smallest absolute Gasteiger partial charge is 0.333 e. The van der Waals surface area contributed by atoms with Crippen LogP contribution < -0.4 is 19.7 Å². The van der Waals surface area contributed by atoms with Gasteiger partial charge in [0.2, 0.25) is 0 Å². The number of amides is 3. The molecule has 0 unspecified atom stereocenters. The van der Waals surface area contributed by atoms with Crippen LogP contribution in [-0.2, 0) is 4.79 Å². The van der Waals surface area contributed by atoms with Crippen LogP contribution in [0.15, 0.2) is 78.5 Å². The fourth-order valence-electron chi connectivity index (χ4n) is 4.45. The summed E-state index contributed by atoms with van der Waals surface area (Å²) < 4.78 is 24.6. The SMILES string of the molecule is CN1CCN(CCCOc2ccc(N3C(=O)NC(=Cc4ccc(Oc5ccc(F)cc5)cc4)C3=O)cc2)CC1. The molecular weight excluding hydrogens is 499 g/mol. The molecule has 0 bridgehead atoms. The van der Waals surface area contributed by atoms with E-state index in [4.69, 9.17) is 9.47 Å². The lowest BCUT2D eigenvalue weighted by Crippen LogP contribution is -2.44. The Hall–Kier alpha value is -4.21. The number of carbonyl (C=O) groups is 2. The van der Waals surface area contributed by atoms with Crippen LogP contribution in [0.2, 0.25) is 0 Å². The molecule has 0 atom stereocenters. The van der Waals surface area contributed by atoms with Gasteiger partial charge in [-0.05, 0) is 85.8 Å². The summed E-state index contributed by atoms with van der Waals surface area (Å²) >= 11 is 0. The number of nitrogens with one attached hydrogen (secondary N) is 1. The van der Waals surface area contributed by atoms with Crippen molar-refractivity contribution in [3.8, 4) is 17.2 Å². The van der Waals surface area contributed by atoms with E-state index in [0.29, 0.717) is 35.1 Å². The molecule has 2 aliphatic rings. The Kier molecular flexibility index (Phi) is 8.19. The predicted molar refractivity (Wildman–Crippen MR) is 147 cm³/mol. The molecule has 202 valence electrons. The van der Waals surface area contributed by atoms with E-state index in [0.717, 1.165) is 44.0 Å². The number of carbonyl (C=O) groups excluding carboxylic acids is 2. The third-order valence-electron chi connectivity index (χ3n) is 6.70. The second kappa shape index (κ2) is 12.1. The van der Waals surface area contributed by atoms with Gasteiger partial charge in [0.05, 0.1) is 12.3 Å². The second-order valence-corrected chi connectivity index (χ2v) is 9.59. The van der Waals surface area contributed by atoms with Crippen LogP contribution in [0.4, 0.5) is 14.9 Å². The highest BCUT2D eigenvalue weighted by Gasteiger charge is 2.34. The molecule has 0 radical (unpaired) electrons. The summed E-state index contributed by atoms with van der Waals surface area (Å²) in [5.74, 6) is 1.00. The number of rotatable bonds is 9. The molecule has 8 nitrogen and oxygen atoms in total. The standard InChI is InChI=1S/C30H31FN4O4/c1-33-16-18-34(19-17-33)15-2-20-38-25-13-7-24(8-14-25)35-29(36)28(32-30(35)37)21-22-3-9-26(10-4-22)39-27-11-5-23(31)6-12-27/h3-14,21H,2,15-20H2,1H3,(H,32,37). The quantitative estimate of drug-likeness (QED) is 0.245. The maximum absolute atomic E-state index is 13.1. The van der Waals surface area contributed by atoms with E-state index in [1.54, 1.807) is 66.7 Å². The van der Waals surface area contributed by atoms with Gasteiger partial charge in [-0.3, -0.25) is 4.79 Å². The van der Waals surface area contributed by atoms with Crippen molar-refractivity contribution >= 4 is 23.7 Å². The fourth-order valence-corrected chi connectivity index (χ4v) is 4.45. The highest BCUT2D eigenvalue weighted by molar-refractivity contribution is 6.28. The number of likely N-dealkylation sites (N-methyl/N-ethyl adjacent to an activating group) is 1. The molecule has 3 aromatic carbocycles. The van der Waals surface area contributed by atoms with E-state index in [1.165, 1.54) is 12.1 Å². The van der Waals surface area contributed by atoms with Gasteiger partial charge in [0.25, 0.3) is 5.91 Å². The Morgan fingerprint density at radius 1 is 0.846 bits per heavy atom. The number of hydrogen-bond donors (Lipinski definition) is 1. The first kappa shape index (κ1) is 26.4. The minimum Gasteiger partial charge on any atom is -0.494 e. The number of ether oxygens (including phenoxy) is 2. The number of urea groups is 1. The zero-order chi connectivity index (χ0) is 27.2. The Morgan fingerprint density at radius 2 is 1.46 bits per heavy atom. The summed E-state index contributed by atoms with van der Waals surface area (Å²) in [7, 11) is 2.15. The zero-order valence-electron chi connectivity index (χ0n) is 21.8. The summed E-state index contributed by atoms with van der Waals surface area (Å²) in [4.78, 5) is 31.5. The Bertz CT molecular complexity index is 1320. The van der Waals surface area contributed by atoms with Crippen LogP contribution in [0.5, 0.6) is 17.2 Å². The molecular formula is C30H31FN4O4. The van der Waals surface area contributed by atoms with Gasteiger partial charge < -0.3 is 24.6 Å². The van der Waals surface area contributed by atoms with Gasteiger partial charge in [-0.15, -0.1) is 0 Å². The lowest BCUT2D eigenvalue weighted by atomic mass is 10.2. The number of piperazine rings is 1. The molecule has 39 heavy (non-hydrogen) atoms. The van der Waals surface area contributed by atoms with Crippen LogP contribution in [0.25, 0.3) is 6.08 Å². The topological polar surface area (TPSA) is 74.3 Å². The lowest BCUT2D eigenvalue weighted by Gasteiger charge is -2.32. The monoisotopic (exact) mass is 530 g/mol. The van der Waals surface area contributed by atoms with Gasteiger partial charge >= 0.3 is 6.03 Å².